The third-order valence-corrected chi connectivity index (χ3v) is 7.07. The Labute approximate surface area is 238 Å². The van der Waals surface area contributed by atoms with Gasteiger partial charge in [-0.25, -0.2) is 33.5 Å². The van der Waals surface area contributed by atoms with Gasteiger partial charge in [-0.2, -0.15) is 0 Å². The molecule has 0 aliphatic carbocycles. The third kappa shape index (κ3) is 6.47. The van der Waals surface area contributed by atoms with Crippen molar-refractivity contribution in [3.8, 4) is 17.0 Å². The fourth-order valence-corrected chi connectivity index (χ4v) is 5.04. The van der Waals surface area contributed by atoms with Crippen LogP contribution in [0.3, 0.4) is 0 Å². The number of hydrogen-bond donors (Lipinski definition) is 1. The lowest BCUT2D eigenvalue weighted by atomic mass is 9.91. The number of rotatable bonds is 5. The highest BCUT2D eigenvalue weighted by Crippen LogP contribution is 2.39. The maximum Gasteiger partial charge on any atom is 0.410 e. The van der Waals surface area contributed by atoms with E-state index >= 15 is 0 Å². The first-order valence-electron chi connectivity index (χ1n) is 13.8. The van der Waals surface area contributed by atoms with Crippen LogP contribution in [0.2, 0.25) is 0 Å². The lowest BCUT2D eigenvalue weighted by molar-refractivity contribution is 0.0204. The van der Waals surface area contributed by atoms with Crippen LogP contribution in [0.15, 0.2) is 30.7 Å². The minimum absolute atomic E-state index is 0.0492. The van der Waals surface area contributed by atoms with Crippen molar-refractivity contribution in [2.24, 2.45) is 0 Å². The van der Waals surface area contributed by atoms with Gasteiger partial charge in [0.2, 0.25) is 11.9 Å². The summed E-state index contributed by atoms with van der Waals surface area (Å²) in [6.07, 6.45) is 5.74. The van der Waals surface area contributed by atoms with Gasteiger partial charge in [-0.3, -0.25) is 5.32 Å². The summed E-state index contributed by atoms with van der Waals surface area (Å²) in [5.41, 5.74) is 1.22. The fourth-order valence-electron chi connectivity index (χ4n) is 5.04. The van der Waals surface area contributed by atoms with E-state index in [-0.39, 0.29) is 47.0 Å². The van der Waals surface area contributed by atoms with Gasteiger partial charge >= 0.3 is 6.09 Å². The smallest absolute Gasteiger partial charge is 0.410 e. The van der Waals surface area contributed by atoms with E-state index in [1.165, 1.54) is 6.07 Å². The van der Waals surface area contributed by atoms with Crippen LogP contribution in [0.25, 0.3) is 11.3 Å². The van der Waals surface area contributed by atoms with Crippen LogP contribution in [-0.4, -0.2) is 68.8 Å². The molecule has 10 nitrogen and oxygen atoms in total. The van der Waals surface area contributed by atoms with Crippen molar-refractivity contribution >= 4 is 23.7 Å². The zero-order valence-electron chi connectivity index (χ0n) is 23.9. The number of amides is 1. The van der Waals surface area contributed by atoms with Gasteiger partial charge in [0, 0.05) is 37.1 Å². The van der Waals surface area contributed by atoms with Gasteiger partial charge in [-0.1, -0.05) is 0 Å². The number of hydrogen-bond acceptors (Lipinski definition) is 9. The molecule has 0 radical (unpaired) electrons. The molecule has 2 aliphatic rings. The Morgan fingerprint density at radius 2 is 1.71 bits per heavy atom. The molecule has 0 spiro atoms. The van der Waals surface area contributed by atoms with Gasteiger partial charge in [-0.05, 0) is 71.1 Å². The van der Waals surface area contributed by atoms with Crippen LogP contribution in [0.1, 0.15) is 58.9 Å². The molecule has 1 amide bonds. The van der Waals surface area contributed by atoms with E-state index in [2.05, 4.69) is 25.3 Å². The summed E-state index contributed by atoms with van der Waals surface area (Å²) in [6.45, 7) is 11.7. The third-order valence-electron chi connectivity index (χ3n) is 7.07. The number of piperidine rings is 1. The maximum atomic E-state index is 15.0. The first kappa shape index (κ1) is 28.4. The molecular weight excluding hydrogens is 532 g/mol. The second-order valence-electron chi connectivity index (χ2n) is 11.5. The average molecular weight is 568 g/mol. The fraction of sp³-hybridized carbons (Fsp3) is 0.483. The van der Waals surface area contributed by atoms with Gasteiger partial charge in [0.25, 0.3) is 0 Å². The Hall–Kier alpha value is -4.09. The Bertz CT molecular complexity index is 1400. The van der Waals surface area contributed by atoms with Crippen molar-refractivity contribution in [1.82, 2.24) is 24.8 Å². The Kier molecular flexibility index (Phi) is 7.92. The number of ether oxygens (including phenoxy) is 2. The van der Waals surface area contributed by atoms with Crippen molar-refractivity contribution in [1.29, 1.82) is 0 Å². The first-order valence-corrected chi connectivity index (χ1v) is 13.8. The summed E-state index contributed by atoms with van der Waals surface area (Å²) in [5.74, 6) is -0.568. The topological polar surface area (TPSA) is 106 Å². The number of benzene rings is 1. The number of fused-ring (bicyclic) bond motifs is 1. The summed E-state index contributed by atoms with van der Waals surface area (Å²) in [4.78, 5) is 33.2. The van der Waals surface area contributed by atoms with Crippen LogP contribution < -0.4 is 15.0 Å². The molecule has 2 aliphatic heterocycles. The molecule has 12 heteroatoms. The predicted octanol–water partition coefficient (Wildman–Crippen LogP) is 5.68. The van der Waals surface area contributed by atoms with E-state index in [4.69, 9.17) is 9.47 Å². The molecule has 1 saturated heterocycles. The van der Waals surface area contributed by atoms with Crippen molar-refractivity contribution in [2.75, 3.05) is 36.5 Å². The molecular formula is C29H35F2N7O3. The standard InChI is InChI=1S/C29H35F2N7O3/c1-17(2)38-10-11-40-25-21(30)12-19(13-23(25)38)24-22(31)16-34-27(35-24)36-26-32-14-20(15-33-26)18-6-8-37(9-7-18)28(39)41-29(3,4)5/h12-18H,6-11H2,1-5H3,(H,32,33,34,35,36). The first-order chi connectivity index (χ1) is 19.5. The quantitative estimate of drug-likeness (QED) is 0.417. The molecule has 41 heavy (non-hydrogen) atoms. The molecule has 0 atom stereocenters. The number of carbonyl (C=O) groups is 1. The SMILES string of the molecule is CC(C)N1CCOc2c(F)cc(-c3nc(Nc4ncc(C5CCN(C(=O)OC(C)(C)C)CC5)cn4)ncc3F)cc21. The summed E-state index contributed by atoms with van der Waals surface area (Å²) >= 11 is 0. The van der Waals surface area contributed by atoms with Crippen molar-refractivity contribution in [3.05, 3.63) is 47.9 Å². The van der Waals surface area contributed by atoms with Gasteiger partial charge in [0.15, 0.2) is 17.4 Å². The number of likely N-dealkylation sites (tertiary alicyclic amines) is 1. The highest BCUT2D eigenvalue weighted by molar-refractivity contribution is 5.73. The summed E-state index contributed by atoms with van der Waals surface area (Å²) < 4.78 is 40.8. The van der Waals surface area contributed by atoms with Crippen LogP contribution in [0.4, 0.5) is 31.2 Å². The van der Waals surface area contributed by atoms with Gasteiger partial charge in [0.1, 0.15) is 17.9 Å². The van der Waals surface area contributed by atoms with Crippen molar-refractivity contribution in [2.45, 2.75) is 65.0 Å². The number of aromatic nitrogens is 4. The zero-order valence-corrected chi connectivity index (χ0v) is 23.9. The minimum Gasteiger partial charge on any atom is -0.486 e. The molecule has 0 bridgehead atoms. The largest absolute Gasteiger partial charge is 0.486 e. The molecule has 3 aromatic rings. The number of nitrogens with one attached hydrogen (secondary N) is 1. The van der Waals surface area contributed by atoms with Gasteiger partial charge < -0.3 is 19.3 Å². The zero-order chi connectivity index (χ0) is 29.3. The van der Waals surface area contributed by atoms with Crippen molar-refractivity contribution in [3.63, 3.8) is 0 Å². The average Bonchev–Trinajstić information content (AvgIpc) is 2.93. The number of anilines is 3. The van der Waals surface area contributed by atoms with Crippen LogP contribution in [0.5, 0.6) is 5.75 Å². The lowest BCUT2D eigenvalue weighted by Gasteiger charge is -2.34. The highest BCUT2D eigenvalue weighted by atomic mass is 19.1. The summed E-state index contributed by atoms with van der Waals surface area (Å²) in [6, 6.07) is 3.01. The van der Waals surface area contributed by atoms with E-state index in [1.54, 1.807) is 23.4 Å². The van der Waals surface area contributed by atoms with Crippen LogP contribution in [0, 0.1) is 11.6 Å². The second kappa shape index (κ2) is 11.4. The molecule has 5 rings (SSSR count). The number of carbonyl (C=O) groups excluding carboxylic acids is 1. The van der Waals surface area contributed by atoms with Crippen LogP contribution in [-0.2, 0) is 4.74 Å². The molecule has 4 heterocycles. The number of nitrogens with zero attached hydrogens (tertiary/aromatic N) is 6. The van der Waals surface area contributed by atoms with E-state index in [0.717, 1.165) is 24.6 Å². The predicted molar refractivity (Wildman–Crippen MR) is 150 cm³/mol. The second-order valence-corrected chi connectivity index (χ2v) is 11.5. The highest BCUT2D eigenvalue weighted by Gasteiger charge is 2.28. The van der Waals surface area contributed by atoms with E-state index < -0.39 is 17.2 Å². The summed E-state index contributed by atoms with van der Waals surface area (Å²) in [7, 11) is 0. The molecule has 2 aromatic heterocycles. The monoisotopic (exact) mass is 567 g/mol. The van der Waals surface area contributed by atoms with E-state index in [9.17, 15) is 13.6 Å². The molecule has 0 unspecified atom stereocenters. The minimum atomic E-state index is -0.684. The number of halogens is 2. The normalized spacial score (nSPS) is 15.9. The van der Waals surface area contributed by atoms with Crippen molar-refractivity contribution < 1.29 is 23.0 Å². The molecule has 1 fully saturated rings. The van der Waals surface area contributed by atoms with Gasteiger partial charge in [0.05, 0.1) is 18.4 Å². The maximum absolute atomic E-state index is 15.0. The molecule has 1 N–H and O–H groups in total. The Morgan fingerprint density at radius 1 is 1.02 bits per heavy atom. The molecule has 218 valence electrons. The van der Waals surface area contributed by atoms with Crippen LogP contribution >= 0.6 is 0 Å². The van der Waals surface area contributed by atoms with E-state index in [0.29, 0.717) is 31.9 Å². The Morgan fingerprint density at radius 3 is 2.37 bits per heavy atom. The Balaban J connectivity index is 1.28. The lowest BCUT2D eigenvalue weighted by Crippen LogP contribution is -2.41. The van der Waals surface area contributed by atoms with E-state index in [1.807, 2.05) is 39.5 Å². The van der Waals surface area contributed by atoms with Gasteiger partial charge in [-0.15, -0.1) is 0 Å². The molecule has 0 saturated carbocycles. The summed E-state index contributed by atoms with van der Waals surface area (Å²) in [5, 5.41) is 2.91. The molecule has 1 aromatic carbocycles.